The van der Waals surface area contributed by atoms with Crippen molar-refractivity contribution in [3.05, 3.63) is 12.7 Å². The van der Waals surface area contributed by atoms with Crippen LogP contribution in [0.3, 0.4) is 0 Å². The highest BCUT2D eigenvalue weighted by Crippen LogP contribution is 2.11. The minimum absolute atomic E-state index is 0.718. The molecule has 0 bridgehead atoms. The fourth-order valence-corrected chi connectivity index (χ4v) is 0.683. The summed E-state index contributed by atoms with van der Waals surface area (Å²) in [5.41, 5.74) is 0. The molecule has 0 aromatic rings. The second-order valence-corrected chi connectivity index (χ2v) is 1.62. The van der Waals surface area contributed by atoms with Gasteiger partial charge in [0, 0.05) is 6.61 Å². The second-order valence-electron chi connectivity index (χ2n) is 1.62. The summed E-state index contributed by atoms with van der Waals surface area (Å²) in [6, 6.07) is 0. The third-order valence-electron chi connectivity index (χ3n) is 1.08. The fourth-order valence-electron chi connectivity index (χ4n) is 0.683. The van der Waals surface area contributed by atoms with Crippen LogP contribution in [-0.4, -0.2) is 12.7 Å². The van der Waals surface area contributed by atoms with Crippen LogP contribution in [0.15, 0.2) is 12.7 Å². The van der Waals surface area contributed by atoms with Gasteiger partial charge < -0.3 is 4.74 Å². The predicted octanol–water partition coefficient (Wildman–Crippen LogP) is 1.35. The van der Waals surface area contributed by atoms with Gasteiger partial charge in [-0.15, -0.1) is 6.58 Å². The van der Waals surface area contributed by atoms with E-state index >= 15 is 0 Å². The molecule has 1 aliphatic rings. The summed E-state index contributed by atoms with van der Waals surface area (Å²) in [7, 11) is 0. The summed E-state index contributed by atoms with van der Waals surface area (Å²) >= 11 is 0. The molecule has 1 unspecified atom stereocenters. The molecule has 1 nitrogen and oxygen atoms in total. The molecule has 1 fully saturated rings. The Balaban J connectivity index is 2.52. The molecule has 0 radical (unpaired) electrons. The average molecular weight is 99.2 g/mol. The highest BCUT2D eigenvalue weighted by atomic mass is 16.5. The van der Waals surface area contributed by atoms with E-state index in [1.807, 2.05) is 0 Å². The van der Waals surface area contributed by atoms with Gasteiger partial charge in [0.2, 0.25) is 0 Å². The fraction of sp³-hybridized carbons (Fsp3) is 0.667. The minimum atomic E-state index is -0.750. The lowest BCUT2D eigenvalue weighted by molar-refractivity contribution is 0.146. The quantitative estimate of drug-likeness (QED) is 0.451. The second kappa shape index (κ2) is 2.12. The molecule has 1 saturated heterocycles. The summed E-state index contributed by atoms with van der Waals surface area (Å²) in [6.07, 6.45) is 2.60. The third-order valence-corrected chi connectivity index (χ3v) is 1.08. The van der Waals surface area contributed by atoms with Crippen LogP contribution in [0.4, 0.5) is 0 Å². The molecule has 1 rings (SSSR count). The van der Waals surface area contributed by atoms with Gasteiger partial charge in [-0.25, -0.2) is 0 Å². The lowest BCUT2D eigenvalue weighted by Crippen LogP contribution is -1.96. The molecule has 0 N–H and O–H groups in total. The zero-order valence-corrected chi connectivity index (χ0v) is 4.31. The summed E-state index contributed by atoms with van der Waals surface area (Å²) in [5, 5.41) is 0. The Bertz CT molecular complexity index is 94.7. The van der Waals surface area contributed by atoms with Crippen LogP contribution in [0.1, 0.15) is 14.2 Å². The smallest absolute Gasteiger partial charge is 0.0754 e. The Hall–Kier alpha value is -0.300. The molecule has 0 aliphatic carbocycles. The molecule has 1 atom stereocenters. The molecular weight excluding hydrogens is 88.1 g/mol. The van der Waals surface area contributed by atoms with Gasteiger partial charge in [0.15, 0.2) is 0 Å². The van der Waals surface area contributed by atoms with E-state index in [0.717, 1.165) is 19.4 Å². The predicted molar refractivity (Wildman–Crippen MR) is 29.2 cm³/mol. The Labute approximate surface area is 45.4 Å². The third kappa shape index (κ3) is 1.03. The van der Waals surface area contributed by atoms with E-state index in [2.05, 4.69) is 6.58 Å². The molecule has 0 aromatic carbocycles. The van der Waals surface area contributed by atoms with E-state index in [-0.39, 0.29) is 0 Å². The highest BCUT2D eigenvalue weighted by molar-refractivity contribution is 4.82. The van der Waals surface area contributed by atoms with Crippen LogP contribution in [0.5, 0.6) is 0 Å². The number of hydrogen-bond acceptors (Lipinski definition) is 1. The lowest BCUT2D eigenvalue weighted by Gasteiger charge is -1.97. The Morgan fingerprint density at radius 3 is 3.14 bits per heavy atom. The van der Waals surface area contributed by atoms with E-state index in [4.69, 9.17) is 6.11 Å². The first-order valence-corrected chi connectivity index (χ1v) is 2.54. The van der Waals surface area contributed by atoms with Crippen LogP contribution >= 0.6 is 0 Å². The summed E-state index contributed by atoms with van der Waals surface area (Å²) < 4.78 is 12.4. The van der Waals surface area contributed by atoms with Crippen molar-refractivity contribution in [2.24, 2.45) is 0 Å². The van der Waals surface area contributed by atoms with Gasteiger partial charge >= 0.3 is 0 Å². The van der Waals surface area contributed by atoms with Crippen molar-refractivity contribution in [2.45, 2.75) is 18.9 Å². The molecule has 0 spiro atoms. The van der Waals surface area contributed by atoms with Crippen molar-refractivity contribution in [3.8, 4) is 0 Å². The molecule has 40 valence electrons. The number of rotatable bonds is 1. The molecular formula is C6H10O. The van der Waals surface area contributed by atoms with Gasteiger partial charge in [0.05, 0.1) is 7.45 Å². The van der Waals surface area contributed by atoms with Crippen LogP contribution in [0.2, 0.25) is 0 Å². The van der Waals surface area contributed by atoms with E-state index < -0.39 is 6.08 Å². The van der Waals surface area contributed by atoms with E-state index in [9.17, 15) is 0 Å². The molecule has 0 saturated carbocycles. The topological polar surface area (TPSA) is 9.23 Å². The van der Waals surface area contributed by atoms with Gasteiger partial charge in [-0.1, -0.05) is 6.08 Å². The van der Waals surface area contributed by atoms with Crippen molar-refractivity contribution in [1.82, 2.24) is 0 Å². The van der Waals surface area contributed by atoms with Crippen LogP contribution in [0, 0.1) is 0 Å². The van der Waals surface area contributed by atoms with Gasteiger partial charge in [-0.3, -0.25) is 0 Å². The van der Waals surface area contributed by atoms with Crippen LogP contribution in [-0.2, 0) is 4.74 Å². The number of ether oxygens (including phenoxy) is 1. The van der Waals surface area contributed by atoms with Crippen molar-refractivity contribution in [3.63, 3.8) is 0 Å². The summed E-state index contributed by atoms with van der Waals surface area (Å²) in [6.45, 7) is 4.22. The minimum Gasteiger partial charge on any atom is -0.374 e. The molecule has 0 aromatic heterocycles. The van der Waals surface area contributed by atoms with E-state index in [1.54, 1.807) is 6.08 Å². The largest absolute Gasteiger partial charge is 0.374 e. The van der Waals surface area contributed by atoms with E-state index in [0.29, 0.717) is 0 Å². The molecule has 0 amide bonds. The maximum absolute atomic E-state index is 7.39. The summed E-state index contributed by atoms with van der Waals surface area (Å²) in [4.78, 5) is 0. The Morgan fingerprint density at radius 1 is 2.00 bits per heavy atom. The molecule has 1 heteroatoms. The maximum atomic E-state index is 7.39. The van der Waals surface area contributed by atoms with Gasteiger partial charge in [0.25, 0.3) is 0 Å². The first-order valence-electron chi connectivity index (χ1n) is 3.04. The zero-order chi connectivity index (χ0) is 6.04. The van der Waals surface area contributed by atoms with Crippen molar-refractivity contribution >= 4 is 0 Å². The van der Waals surface area contributed by atoms with Crippen molar-refractivity contribution < 1.29 is 6.11 Å². The normalized spacial score (nSPS) is 43.1. The summed E-state index contributed by atoms with van der Waals surface area (Å²) in [5.74, 6) is 0. The van der Waals surface area contributed by atoms with Gasteiger partial charge in [0.1, 0.15) is 0 Å². The first-order chi connectivity index (χ1) is 3.77. The lowest BCUT2D eigenvalue weighted by atomic mass is 10.2. The standard InChI is InChI=1S/C6H10O/c1-2-6-4-3-5-7-6/h2,6H,1,3-5H2/i6D. The Kier molecular flexibility index (Phi) is 1.11. The van der Waals surface area contributed by atoms with Gasteiger partial charge in [-0.05, 0) is 12.8 Å². The molecule has 7 heavy (non-hydrogen) atoms. The monoisotopic (exact) mass is 99.1 g/mol. The SMILES string of the molecule is [2H]C1(C=C)CCCO1. The first kappa shape index (κ1) is 3.67. The van der Waals surface area contributed by atoms with Crippen LogP contribution in [0.25, 0.3) is 0 Å². The number of hydrogen-bond donors (Lipinski definition) is 0. The molecule has 1 aliphatic heterocycles. The van der Waals surface area contributed by atoms with Crippen molar-refractivity contribution in [1.29, 1.82) is 0 Å². The maximum Gasteiger partial charge on any atom is 0.0754 e. The zero-order valence-electron chi connectivity index (χ0n) is 5.31. The average Bonchev–Trinajstić information content (AvgIpc) is 2.17. The highest BCUT2D eigenvalue weighted by Gasteiger charge is 2.09. The van der Waals surface area contributed by atoms with Gasteiger partial charge in [-0.2, -0.15) is 0 Å². The molecule has 1 heterocycles. The van der Waals surface area contributed by atoms with Crippen LogP contribution < -0.4 is 0 Å². The van der Waals surface area contributed by atoms with E-state index in [1.165, 1.54) is 0 Å². The van der Waals surface area contributed by atoms with Crippen molar-refractivity contribution in [2.75, 3.05) is 6.61 Å². The Morgan fingerprint density at radius 2 is 2.86 bits per heavy atom.